The summed E-state index contributed by atoms with van der Waals surface area (Å²) < 4.78 is 5.27. The van der Waals surface area contributed by atoms with Crippen LogP contribution in [0, 0.1) is 11.3 Å². The van der Waals surface area contributed by atoms with Crippen molar-refractivity contribution in [1.82, 2.24) is 5.32 Å². The number of nitrogens with one attached hydrogen (secondary N) is 1. The number of carbonyl (C=O) groups is 2. The van der Waals surface area contributed by atoms with E-state index in [2.05, 4.69) is 21.2 Å². The van der Waals surface area contributed by atoms with E-state index >= 15 is 0 Å². The van der Waals surface area contributed by atoms with Crippen LogP contribution in [0.15, 0.2) is 22.7 Å². The second-order valence-electron chi connectivity index (χ2n) is 3.54. The van der Waals surface area contributed by atoms with E-state index in [9.17, 15) is 9.59 Å². The molecule has 1 rings (SSSR count). The smallest absolute Gasteiger partial charge is 0.339 e. The maximum atomic E-state index is 11.7. The van der Waals surface area contributed by atoms with Crippen LogP contribution in [0.3, 0.4) is 0 Å². The van der Waals surface area contributed by atoms with Crippen LogP contribution in [0.25, 0.3) is 0 Å². The number of halogens is 1. The van der Waals surface area contributed by atoms with Crippen molar-refractivity contribution >= 4 is 33.5 Å². The van der Waals surface area contributed by atoms with Crippen molar-refractivity contribution in [3.8, 4) is 6.07 Å². The summed E-state index contributed by atoms with van der Waals surface area (Å²) in [6.45, 7) is -0.166. The Morgan fingerprint density at radius 1 is 1.47 bits per heavy atom. The van der Waals surface area contributed by atoms with Crippen LogP contribution in [0.2, 0.25) is 0 Å². The number of amides is 1. The molecular formula is C12H12BrN3O3. The molecule has 0 spiro atoms. The number of nitriles is 1. The van der Waals surface area contributed by atoms with Gasteiger partial charge in [0.05, 0.1) is 22.5 Å². The van der Waals surface area contributed by atoms with Gasteiger partial charge in [0.1, 0.15) is 0 Å². The number of hydrogen-bond donors (Lipinski definition) is 2. The molecule has 0 saturated heterocycles. The molecule has 1 aromatic carbocycles. The third kappa shape index (κ3) is 4.60. The number of carbonyl (C=O) groups excluding carboxylic acids is 2. The highest BCUT2D eigenvalue weighted by atomic mass is 79.9. The van der Waals surface area contributed by atoms with Crippen LogP contribution in [0.1, 0.15) is 16.8 Å². The first-order chi connectivity index (χ1) is 9.06. The third-order valence-corrected chi connectivity index (χ3v) is 3.03. The normalized spacial score (nSPS) is 9.47. The van der Waals surface area contributed by atoms with E-state index < -0.39 is 18.5 Å². The first kappa shape index (κ1) is 15.0. The molecular weight excluding hydrogens is 314 g/mol. The van der Waals surface area contributed by atoms with Gasteiger partial charge in [0.25, 0.3) is 5.91 Å². The molecule has 0 fully saturated rings. The summed E-state index contributed by atoms with van der Waals surface area (Å²) >= 11 is 3.18. The van der Waals surface area contributed by atoms with Crippen LogP contribution in [0.4, 0.5) is 5.69 Å². The van der Waals surface area contributed by atoms with E-state index in [0.717, 1.165) is 0 Å². The van der Waals surface area contributed by atoms with Gasteiger partial charge < -0.3 is 15.8 Å². The average molecular weight is 326 g/mol. The van der Waals surface area contributed by atoms with Gasteiger partial charge in [0.2, 0.25) is 0 Å². The molecule has 6 nitrogen and oxygen atoms in total. The number of esters is 1. The van der Waals surface area contributed by atoms with Gasteiger partial charge in [-0.3, -0.25) is 4.79 Å². The van der Waals surface area contributed by atoms with E-state index in [-0.39, 0.29) is 18.5 Å². The number of nitrogens with two attached hydrogens (primary N) is 1. The predicted octanol–water partition coefficient (Wildman–Crippen LogP) is 1.22. The lowest BCUT2D eigenvalue weighted by Crippen LogP contribution is -2.29. The lowest BCUT2D eigenvalue weighted by atomic mass is 10.2. The van der Waals surface area contributed by atoms with Crippen LogP contribution in [-0.4, -0.2) is 25.0 Å². The number of nitrogens with zero attached hydrogens (tertiary/aromatic N) is 1. The molecule has 0 unspecified atom stereocenters. The van der Waals surface area contributed by atoms with Gasteiger partial charge in [-0.1, -0.05) is 6.07 Å². The molecule has 0 aromatic heterocycles. The monoisotopic (exact) mass is 325 g/mol. The number of rotatable bonds is 5. The second kappa shape index (κ2) is 7.38. The topological polar surface area (TPSA) is 105 Å². The summed E-state index contributed by atoms with van der Waals surface area (Å²) in [5.41, 5.74) is 6.30. The van der Waals surface area contributed by atoms with Crippen molar-refractivity contribution in [3.05, 3.63) is 28.2 Å². The lowest BCUT2D eigenvalue weighted by Gasteiger charge is -2.07. The first-order valence-electron chi connectivity index (χ1n) is 5.41. The maximum Gasteiger partial charge on any atom is 0.339 e. The summed E-state index contributed by atoms with van der Waals surface area (Å²) in [6, 6.07) is 6.67. The number of hydrogen-bond acceptors (Lipinski definition) is 5. The summed E-state index contributed by atoms with van der Waals surface area (Å²) in [5, 5.41) is 10.7. The maximum absolute atomic E-state index is 11.7. The molecule has 0 heterocycles. The van der Waals surface area contributed by atoms with E-state index in [1.54, 1.807) is 12.1 Å². The summed E-state index contributed by atoms with van der Waals surface area (Å²) in [4.78, 5) is 23.0. The standard InChI is InChI=1S/C12H12BrN3O3/c13-11-8(3-1-4-9(11)15)12(18)19-7-10(17)16-6-2-5-14/h1,3-4H,2,6-7,15H2,(H,16,17). The number of benzene rings is 1. The number of anilines is 1. The zero-order valence-electron chi connectivity index (χ0n) is 9.98. The highest BCUT2D eigenvalue weighted by molar-refractivity contribution is 9.10. The Kier molecular flexibility index (Phi) is 5.82. The summed E-state index contributed by atoms with van der Waals surface area (Å²) in [5.74, 6) is -1.10. The zero-order valence-corrected chi connectivity index (χ0v) is 11.6. The summed E-state index contributed by atoms with van der Waals surface area (Å²) in [7, 11) is 0. The highest BCUT2D eigenvalue weighted by Crippen LogP contribution is 2.24. The van der Waals surface area contributed by atoms with Gasteiger partial charge in [-0.15, -0.1) is 0 Å². The second-order valence-corrected chi connectivity index (χ2v) is 4.34. The molecule has 19 heavy (non-hydrogen) atoms. The molecule has 1 amide bonds. The molecule has 0 bridgehead atoms. The molecule has 0 radical (unpaired) electrons. The van der Waals surface area contributed by atoms with E-state index in [0.29, 0.717) is 10.2 Å². The fraction of sp³-hybridized carbons (Fsp3) is 0.250. The van der Waals surface area contributed by atoms with Gasteiger partial charge in [-0.25, -0.2) is 4.79 Å². The first-order valence-corrected chi connectivity index (χ1v) is 6.20. The minimum atomic E-state index is -0.644. The van der Waals surface area contributed by atoms with Crippen molar-refractivity contribution in [2.45, 2.75) is 6.42 Å². The number of ether oxygens (including phenoxy) is 1. The Balaban J connectivity index is 2.50. The zero-order chi connectivity index (χ0) is 14.3. The van der Waals surface area contributed by atoms with Crippen molar-refractivity contribution in [1.29, 1.82) is 5.26 Å². The molecule has 3 N–H and O–H groups in total. The van der Waals surface area contributed by atoms with Crippen LogP contribution < -0.4 is 11.1 Å². The minimum absolute atomic E-state index is 0.209. The van der Waals surface area contributed by atoms with E-state index in [4.69, 9.17) is 15.7 Å². The van der Waals surface area contributed by atoms with Gasteiger partial charge in [-0.05, 0) is 28.1 Å². The van der Waals surface area contributed by atoms with Crippen LogP contribution >= 0.6 is 15.9 Å². The fourth-order valence-electron chi connectivity index (χ4n) is 1.23. The summed E-state index contributed by atoms with van der Waals surface area (Å²) in [6.07, 6.45) is 0.209. The molecule has 0 atom stereocenters. The SMILES string of the molecule is N#CCCNC(=O)COC(=O)c1cccc(N)c1Br. The molecule has 0 aliphatic carbocycles. The molecule has 0 saturated carbocycles. The van der Waals surface area contributed by atoms with Gasteiger partial charge in [-0.2, -0.15) is 5.26 Å². The Morgan fingerprint density at radius 2 is 2.21 bits per heavy atom. The molecule has 0 aliphatic heterocycles. The van der Waals surface area contributed by atoms with Crippen molar-refractivity contribution in [2.24, 2.45) is 0 Å². The fourth-order valence-corrected chi connectivity index (χ4v) is 1.65. The van der Waals surface area contributed by atoms with E-state index in [1.807, 2.05) is 6.07 Å². The Labute approximate surface area is 118 Å². The Hall–Kier alpha value is -2.07. The number of nitrogen functional groups attached to an aromatic ring is 1. The largest absolute Gasteiger partial charge is 0.452 e. The van der Waals surface area contributed by atoms with Crippen molar-refractivity contribution in [2.75, 3.05) is 18.9 Å². The van der Waals surface area contributed by atoms with Crippen molar-refractivity contribution in [3.63, 3.8) is 0 Å². The van der Waals surface area contributed by atoms with Crippen LogP contribution in [-0.2, 0) is 9.53 Å². The Bertz CT molecular complexity index is 525. The molecule has 1 aromatic rings. The van der Waals surface area contributed by atoms with Gasteiger partial charge in [0, 0.05) is 12.2 Å². The average Bonchev–Trinajstić information content (AvgIpc) is 2.39. The van der Waals surface area contributed by atoms with Gasteiger partial charge >= 0.3 is 5.97 Å². The minimum Gasteiger partial charge on any atom is -0.452 e. The molecule has 0 aliphatic rings. The highest BCUT2D eigenvalue weighted by Gasteiger charge is 2.14. The third-order valence-electron chi connectivity index (χ3n) is 2.14. The molecule has 7 heteroatoms. The van der Waals surface area contributed by atoms with Crippen LogP contribution in [0.5, 0.6) is 0 Å². The molecule has 100 valence electrons. The lowest BCUT2D eigenvalue weighted by molar-refractivity contribution is -0.124. The van der Waals surface area contributed by atoms with E-state index in [1.165, 1.54) is 6.07 Å². The van der Waals surface area contributed by atoms with Crippen molar-refractivity contribution < 1.29 is 14.3 Å². The quantitative estimate of drug-likeness (QED) is 0.481. The van der Waals surface area contributed by atoms with Gasteiger partial charge in [0.15, 0.2) is 6.61 Å². The predicted molar refractivity (Wildman–Crippen MR) is 72.1 cm³/mol. The Morgan fingerprint density at radius 3 is 2.89 bits per heavy atom.